The minimum absolute atomic E-state index is 0.0120. The highest BCUT2D eigenvalue weighted by atomic mass is 16.6. The second kappa shape index (κ2) is 8.99. The molecule has 3 atom stereocenters. The third kappa shape index (κ3) is 4.94. The van der Waals surface area contributed by atoms with E-state index < -0.39 is 6.79 Å². The Balaban J connectivity index is 2.20. The predicted molar refractivity (Wildman–Crippen MR) is 98.8 cm³/mol. The molecule has 0 amide bonds. The van der Waals surface area contributed by atoms with Crippen molar-refractivity contribution in [3.63, 3.8) is 0 Å². The molecule has 26 heavy (non-hydrogen) atoms. The molecule has 0 aromatic heterocycles. The normalized spacial score (nSPS) is 21.1. The summed E-state index contributed by atoms with van der Waals surface area (Å²) >= 11 is 0. The van der Waals surface area contributed by atoms with Crippen LogP contribution in [0.1, 0.15) is 37.8 Å². The van der Waals surface area contributed by atoms with E-state index in [1.165, 1.54) is 13.0 Å². The van der Waals surface area contributed by atoms with Gasteiger partial charge in [0.05, 0.1) is 7.11 Å². The summed E-state index contributed by atoms with van der Waals surface area (Å²) in [6.07, 6.45) is 3.07. The molecule has 5 heteroatoms. The van der Waals surface area contributed by atoms with Crippen LogP contribution in [0.5, 0.6) is 5.75 Å². The van der Waals surface area contributed by atoms with Gasteiger partial charge in [-0.1, -0.05) is 19.1 Å². The van der Waals surface area contributed by atoms with Crippen molar-refractivity contribution in [2.24, 2.45) is 17.8 Å². The van der Waals surface area contributed by atoms with Gasteiger partial charge in [0, 0.05) is 24.3 Å². The summed E-state index contributed by atoms with van der Waals surface area (Å²) in [4.78, 5) is 23.7. The van der Waals surface area contributed by atoms with E-state index in [-0.39, 0.29) is 35.7 Å². The number of carbonyl (C=O) groups excluding carboxylic acids is 2. The highest BCUT2D eigenvalue weighted by molar-refractivity contribution is 5.95. The monoisotopic (exact) mass is 360 g/mol. The van der Waals surface area contributed by atoms with Crippen LogP contribution in [-0.2, 0) is 20.7 Å². The van der Waals surface area contributed by atoms with E-state index in [0.29, 0.717) is 12.2 Å². The van der Waals surface area contributed by atoms with Crippen LogP contribution in [0.15, 0.2) is 30.0 Å². The number of hydrogen-bond donors (Lipinski definition) is 1. The number of allylic oxidation sites excluding steroid dienone is 2. The van der Waals surface area contributed by atoms with Crippen LogP contribution in [0, 0.1) is 24.7 Å². The molecule has 1 N–H and O–H groups in total. The summed E-state index contributed by atoms with van der Waals surface area (Å²) in [5.41, 5.74) is 2.22. The van der Waals surface area contributed by atoms with E-state index in [9.17, 15) is 9.59 Å². The minimum atomic E-state index is -0.460. The number of rotatable bonds is 8. The fraction of sp³-hybridized carbons (Fsp3) is 0.524. The number of methoxy groups -OCH3 is 1. The smallest absolute Gasteiger partial charge is 0.185 e. The Morgan fingerprint density at radius 3 is 2.73 bits per heavy atom. The lowest BCUT2D eigenvalue weighted by Crippen LogP contribution is -2.31. The summed E-state index contributed by atoms with van der Waals surface area (Å²) in [6.45, 7) is 5.15. The molecule has 5 nitrogen and oxygen atoms in total. The molecule has 1 aliphatic carbocycles. The molecule has 0 spiro atoms. The first-order valence-corrected chi connectivity index (χ1v) is 8.97. The first kappa shape index (κ1) is 20.2. The van der Waals surface area contributed by atoms with Crippen molar-refractivity contribution >= 4 is 11.6 Å². The van der Waals surface area contributed by atoms with Crippen LogP contribution >= 0.6 is 0 Å². The zero-order valence-corrected chi connectivity index (χ0v) is 16.0. The molecule has 1 aliphatic rings. The third-order valence-electron chi connectivity index (χ3n) is 5.07. The average molecular weight is 360 g/mol. The van der Waals surface area contributed by atoms with Crippen LogP contribution in [0.2, 0.25) is 0 Å². The van der Waals surface area contributed by atoms with Gasteiger partial charge in [-0.15, -0.1) is 0 Å². The van der Waals surface area contributed by atoms with Crippen LogP contribution in [0.3, 0.4) is 0 Å². The van der Waals surface area contributed by atoms with Gasteiger partial charge in [-0.25, -0.2) is 0 Å². The molecule has 0 bridgehead atoms. The summed E-state index contributed by atoms with van der Waals surface area (Å²) in [5.74, 6) is 1.15. The number of benzene rings is 1. The van der Waals surface area contributed by atoms with Gasteiger partial charge < -0.3 is 19.4 Å². The number of aryl methyl sites for hydroxylation is 1. The third-order valence-corrected chi connectivity index (χ3v) is 5.07. The van der Waals surface area contributed by atoms with Crippen LogP contribution in [0.25, 0.3) is 0 Å². The molecule has 3 unspecified atom stereocenters. The Bertz CT molecular complexity index is 692. The number of hydrogen-bond acceptors (Lipinski definition) is 5. The molecular formula is C21H28O5. The lowest BCUT2D eigenvalue weighted by molar-refractivity contribution is -0.126. The number of ether oxygens (including phenoxy) is 2. The summed E-state index contributed by atoms with van der Waals surface area (Å²) < 4.78 is 10.7. The van der Waals surface area contributed by atoms with Crippen LogP contribution in [0.4, 0.5) is 0 Å². The Kier molecular flexibility index (Phi) is 6.98. The number of ketones is 2. The molecule has 0 saturated carbocycles. The van der Waals surface area contributed by atoms with Gasteiger partial charge in [0.15, 0.2) is 12.6 Å². The lowest BCUT2D eigenvalue weighted by atomic mass is 9.74. The Hall–Kier alpha value is -2.14. The van der Waals surface area contributed by atoms with E-state index in [2.05, 4.69) is 13.0 Å². The summed E-state index contributed by atoms with van der Waals surface area (Å²) in [6, 6.07) is 6.14. The Morgan fingerprint density at radius 2 is 2.12 bits per heavy atom. The van der Waals surface area contributed by atoms with Gasteiger partial charge in [0.1, 0.15) is 17.3 Å². The number of aliphatic hydroxyl groups is 1. The zero-order chi connectivity index (χ0) is 19.3. The molecule has 1 aromatic carbocycles. The first-order chi connectivity index (χ1) is 12.3. The highest BCUT2D eigenvalue weighted by Gasteiger charge is 2.34. The van der Waals surface area contributed by atoms with E-state index in [1.54, 1.807) is 7.11 Å². The Labute approximate surface area is 155 Å². The van der Waals surface area contributed by atoms with Gasteiger partial charge in [0.2, 0.25) is 0 Å². The molecule has 1 aromatic rings. The van der Waals surface area contributed by atoms with Gasteiger partial charge in [0.25, 0.3) is 0 Å². The fourth-order valence-corrected chi connectivity index (χ4v) is 3.68. The maximum atomic E-state index is 12.3. The van der Waals surface area contributed by atoms with Crippen molar-refractivity contribution in [3.05, 3.63) is 41.2 Å². The zero-order valence-electron chi connectivity index (χ0n) is 16.0. The van der Waals surface area contributed by atoms with E-state index in [1.807, 2.05) is 19.1 Å². The molecule has 0 aliphatic heterocycles. The first-order valence-electron chi connectivity index (χ1n) is 8.97. The van der Waals surface area contributed by atoms with Crippen molar-refractivity contribution in [2.75, 3.05) is 13.9 Å². The number of carbonyl (C=O) groups is 2. The van der Waals surface area contributed by atoms with E-state index in [4.69, 9.17) is 14.6 Å². The fourth-order valence-electron chi connectivity index (χ4n) is 3.68. The molecule has 142 valence electrons. The molecule has 0 fully saturated rings. The standard InChI is InChI=1S/C21H28O5/c1-13-5-6-16(9-20(13)25-4)7-14(2)18-10-17(8-15(3)23)19(24)11-21(18)26-12-22/h5-6,9,11,14,17-18,22H,7-8,10,12H2,1-4H3. The van der Waals surface area contributed by atoms with E-state index in [0.717, 1.165) is 23.3 Å². The summed E-state index contributed by atoms with van der Waals surface area (Å²) in [7, 11) is 1.66. The van der Waals surface area contributed by atoms with Crippen molar-refractivity contribution in [1.82, 2.24) is 0 Å². The molecule has 0 radical (unpaired) electrons. The van der Waals surface area contributed by atoms with Crippen molar-refractivity contribution < 1.29 is 24.2 Å². The minimum Gasteiger partial charge on any atom is -0.496 e. The second-order valence-electron chi connectivity index (χ2n) is 7.15. The highest BCUT2D eigenvalue weighted by Crippen LogP contribution is 2.36. The van der Waals surface area contributed by atoms with E-state index >= 15 is 0 Å². The molecule has 2 rings (SSSR count). The van der Waals surface area contributed by atoms with Gasteiger partial charge in [-0.05, 0) is 49.8 Å². The van der Waals surface area contributed by atoms with Crippen LogP contribution < -0.4 is 4.74 Å². The van der Waals surface area contributed by atoms with Crippen LogP contribution in [-0.4, -0.2) is 30.6 Å². The van der Waals surface area contributed by atoms with Gasteiger partial charge in [-0.2, -0.15) is 0 Å². The lowest BCUT2D eigenvalue weighted by Gasteiger charge is -2.32. The van der Waals surface area contributed by atoms with Gasteiger partial charge in [-0.3, -0.25) is 4.79 Å². The molecular weight excluding hydrogens is 332 g/mol. The summed E-state index contributed by atoms with van der Waals surface area (Å²) in [5, 5.41) is 9.16. The second-order valence-corrected chi connectivity index (χ2v) is 7.15. The van der Waals surface area contributed by atoms with Crippen molar-refractivity contribution in [1.29, 1.82) is 0 Å². The maximum absolute atomic E-state index is 12.3. The molecule has 0 heterocycles. The molecule has 0 saturated heterocycles. The quantitative estimate of drug-likeness (QED) is 0.721. The van der Waals surface area contributed by atoms with Crippen molar-refractivity contribution in [3.8, 4) is 5.75 Å². The SMILES string of the molecule is COc1cc(CC(C)C2CC(CC(C)=O)C(=O)C=C2OCO)ccc1C. The number of aliphatic hydroxyl groups excluding tert-OH is 1. The predicted octanol–water partition coefficient (Wildman–Crippen LogP) is 3.22. The maximum Gasteiger partial charge on any atom is 0.185 e. The number of Topliss-reactive ketones (excluding diaryl/α,β-unsaturated/α-hetero) is 1. The van der Waals surface area contributed by atoms with Gasteiger partial charge >= 0.3 is 0 Å². The topological polar surface area (TPSA) is 72.8 Å². The average Bonchev–Trinajstić information content (AvgIpc) is 2.58. The Morgan fingerprint density at radius 1 is 1.38 bits per heavy atom. The van der Waals surface area contributed by atoms with Crippen molar-refractivity contribution in [2.45, 2.75) is 40.0 Å². The largest absolute Gasteiger partial charge is 0.496 e.